The minimum Gasteiger partial charge on any atom is -0.378 e. The Morgan fingerprint density at radius 2 is 1.92 bits per heavy atom. The number of amides is 2. The van der Waals surface area contributed by atoms with Crippen LogP contribution in [0.25, 0.3) is 0 Å². The number of hydrogen-bond donors (Lipinski definition) is 1. The maximum Gasteiger partial charge on any atom is 0.317 e. The summed E-state index contributed by atoms with van der Waals surface area (Å²) in [7, 11) is 1.85. The molecule has 5 heteroatoms. The van der Waals surface area contributed by atoms with E-state index in [0.717, 1.165) is 38.3 Å². The van der Waals surface area contributed by atoms with Crippen LogP contribution in [0.4, 0.5) is 10.5 Å². The fourth-order valence-corrected chi connectivity index (χ4v) is 3.07. The summed E-state index contributed by atoms with van der Waals surface area (Å²) in [4.78, 5) is 16.4. The van der Waals surface area contributed by atoms with Gasteiger partial charge in [-0.1, -0.05) is 38.3 Å². The molecule has 140 valence electrons. The van der Waals surface area contributed by atoms with Gasteiger partial charge in [0, 0.05) is 38.4 Å². The summed E-state index contributed by atoms with van der Waals surface area (Å²) >= 11 is 0. The van der Waals surface area contributed by atoms with Crippen molar-refractivity contribution in [2.75, 3.05) is 38.3 Å². The first-order valence-corrected chi connectivity index (χ1v) is 9.53. The summed E-state index contributed by atoms with van der Waals surface area (Å²) in [5.41, 5.74) is 2.37. The minimum absolute atomic E-state index is 0.00116. The Morgan fingerprint density at radius 3 is 2.56 bits per heavy atom. The molecule has 1 N–H and O–H groups in total. The number of nitrogens with zero attached hydrogens (tertiary/aromatic N) is 2. The molecular weight excluding hydrogens is 314 g/mol. The lowest BCUT2D eigenvalue weighted by Crippen LogP contribution is -2.41. The van der Waals surface area contributed by atoms with Gasteiger partial charge in [-0.05, 0) is 31.0 Å². The second-order valence-corrected chi connectivity index (χ2v) is 6.97. The summed E-state index contributed by atoms with van der Waals surface area (Å²) in [6, 6.07) is 8.73. The largest absolute Gasteiger partial charge is 0.378 e. The van der Waals surface area contributed by atoms with Crippen molar-refractivity contribution in [3.8, 4) is 0 Å². The second-order valence-electron chi connectivity index (χ2n) is 6.97. The average Bonchev–Trinajstić information content (AvgIpc) is 2.63. The highest BCUT2D eigenvalue weighted by Gasteiger charge is 2.13. The van der Waals surface area contributed by atoms with Gasteiger partial charge in [-0.25, -0.2) is 4.79 Å². The molecule has 1 fully saturated rings. The average molecular weight is 348 g/mol. The minimum atomic E-state index is 0.00116. The number of unbranched alkanes of at least 4 members (excludes halogenated alkanes) is 2. The van der Waals surface area contributed by atoms with Crippen LogP contribution in [0.2, 0.25) is 0 Å². The molecule has 0 saturated carbocycles. The number of urea groups is 1. The summed E-state index contributed by atoms with van der Waals surface area (Å²) in [5, 5.41) is 3.09. The number of hydrogen-bond acceptors (Lipinski definition) is 3. The van der Waals surface area contributed by atoms with E-state index in [1.54, 1.807) is 4.90 Å². The number of rotatable bonds is 8. The smallest absolute Gasteiger partial charge is 0.317 e. The first kappa shape index (κ1) is 19.6. The van der Waals surface area contributed by atoms with Crippen LogP contribution < -0.4 is 10.2 Å². The Kier molecular flexibility index (Phi) is 8.06. The van der Waals surface area contributed by atoms with Gasteiger partial charge in [0.15, 0.2) is 0 Å². The van der Waals surface area contributed by atoms with E-state index < -0.39 is 0 Å². The van der Waals surface area contributed by atoms with Crippen molar-refractivity contribution in [1.29, 1.82) is 0 Å². The van der Waals surface area contributed by atoms with Gasteiger partial charge in [-0.15, -0.1) is 0 Å². The van der Waals surface area contributed by atoms with Crippen LogP contribution in [0, 0.1) is 0 Å². The quantitative estimate of drug-likeness (QED) is 0.730. The summed E-state index contributed by atoms with van der Waals surface area (Å²) in [6.07, 6.45) is 4.65. The van der Waals surface area contributed by atoms with Crippen LogP contribution in [-0.4, -0.2) is 50.3 Å². The van der Waals surface area contributed by atoms with Crippen molar-refractivity contribution in [2.24, 2.45) is 0 Å². The highest BCUT2D eigenvalue weighted by Crippen LogP contribution is 2.17. The van der Waals surface area contributed by atoms with E-state index in [4.69, 9.17) is 4.74 Å². The molecule has 0 spiro atoms. The molecule has 1 unspecified atom stereocenters. The van der Waals surface area contributed by atoms with Crippen molar-refractivity contribution in [3.05, 3.63) is 29.8 Å². The van der Waals surface area contributed by atoms with E-state index in [-0.39, 0.29) is 12.1 Å². The molecule has 1 aromatic carbocycles. The summed E-state index contributed by atoms with van der Waals surface area (Å²) in [6.45, 7) is 8.37. The summed E-state index contributed by atoms with van der Waals surface area (Å²) in [5.74, 6) is 0. The number of anilines is 1. The Bertz CT molecular complexity index is 512. The number of carbonyl (C=O) groups excluding carboxylic acids is 1. The first-order chi connectivity index (χ1) is 12.1. The van der Waals surface area contributed by atoms with E-state index in [9.17, 15) is 4.79 Å². The van der Waals surface area contributed by atoms with Gasteiger partial charge in [0.2, 0.25) is 0 Å². The molecule has 1 atom stereocenters. The molecule has 0 aliphatic carbocycles. The van der Waals surface area contributed by atoms with E-state index >= 15 is 0 Å². The third-order valence-corrected chi connectivity index (χ3v) is 4.69. The Labute approximate surface area is 152 Å². The SMILES string of the molecule is CCCCCC(C)NC(=O)N(C)Cc1ccc(N2CCOCC2)cc1. The van der Waals surface area contributed by atoms with Crippen LogP contribution in [0.3, 0.4) is 0 Å². The maximum atomic E-state index is 12.3. The predicted molar refractivity (Wildman–Crippen MR) is 103 cm³/mol. The normalized spacial score (nSPS) is 15.7. The number of carbonyl (C=O) groups is 1. The van der Waals surface area contributed by atoms with Crippen molar-refractivity contribution in [3.63, 3.8) is 0 Å². The molecular formula is C20H33N3O2. The zero-order valence-corrected chi connectivity index (χ0v) is 16.0. The standard InChI is InChI=1S/C20H33N3O2/c1-4-5-6-7-17(2)21-20(24)22(3)16-18-8-10-19(11-9-18)23-12-14-25-15-13-23/h8-11,17H,4-7,12-16H2,1-3H3,(H,21,24). The molecule has 1 heterocycles. The lowest BCUT2D eigenvalue weighted by Gasteiger charge is -2.29. The van der Waals surface area contributed by atoms with Crippen LogP contribution in [0.1, 0.15) is 45.1 Å². The van der Waals surface area contributed by atoms with E-state index in [1.165, 1.54) is 24.9 Å². The second kappa shape index (κ2) is 10.3. The Hall–Kier alpha value is -1.75. The van der Waals surface area contributed by atoms with Gasteiger partial charge in [-0.2, -0.15) is 0 Å². The number of morpholine rings is 1. The molecule has 0 aromatic heterocycles. The molecule has 25 heavy (non-hydrogen) atoms. The fourth-order valence-electron chi connectivity index (χ4n) is 3.07. The zero-order valence-electron chi connectivity index (χ0n) is 16.0. The predicted octanol–water partition coefficient (Wildman–Crippen LogP) is 3.63. The maximum absolute atomic E-state index is 12.3. The van der Waals surface area contributed by atoms with E-state index in [1.807, 2.05) is 7.05 Å². The zero-order chi connectivity index (χ0) is 18.1. The third-order valence-electron chi connectivity index (χ3n) is 4.69. The van der Waals surface area contributed by atoms with Crippen molar-refractivity contribution in [1.82, 2.24) is 10.2 Å². The van der Waals surface area contributed by atoms with Gasteiger partial charge in [-0.3, -0.25) is 0 Å². The molecule has 2 rings (SSSR count). The monoisotopic (exact) mass is 347 g/mol. The number of nitrogens with one attached hydrogen (secondary N) is 1. The van der Waals surface area contributed by atoms with Gasteiger partial charge in [0.25, 0.3) is 0 Å². The van der Waals surface area contributed by atoms with Gasteiger partial charge in [0.1, 0.15) is 0 Å². The molecule has 0 radical (unpaired) electrons. The highest BCUT2D eigenvalue weighted by atomic mass is 16.5. The van der Waals surface area contributed by atoms with Crippen LogP contribution >= 0.6 is 0 Å². The molecule has 1 aliphatic heterocycles. The van der Waals surface area contributed by atoms with Gasteiger partial charge >= 0.3 is 6.03 Å². The van der Waals surface area contributed by atoms with E-state index in [0.29, 0.717) is 6.54 Å². The molecule has 1 aromatic rings. The Balaban J connectivity index is 1.78. The Morgan fingerprint density at radius 1 is 1.24 bits per heavy atom. The number of ether oxygens (including phenoxy) is 1. The lowest BCUT2D eigenvalue weighted by molar-refractivity contribution is 0.122. The fraction of sp³-hybridized carbons (Fsp3) is 0.650. The molecule has 2 amide bonds. The van der Waals surface area contributed by atoms with Gasteiger partial charge < -0.3 is 19.9 Å². The lowest BCUT2D eigenvalue weighted by atomic mass is 10.1. The molecule has 0 bridgehead atoms. The van der Waals surface area contributed by atoms with Crippen LogP contribution in [0.15, 0.2) is 24.3 Å². The van der Waals surface area contributed by atoms with Crippen LogP contribution in [-0.2, 0) is 11.3 Å². The van der Waals surface area contributed by atoms with Crippen LogP contribution in [0.5, 0.6) is 0 Å². The summed E-state index contributed by atoms with van der Waals surface area (Å²) < 4.78 is 5.39. The number of benzene rings is 1. The molecule has 1 saturated heterocycles. The first-order valence-electron chi connectivity index (χ1n) is 9.53. The van der Waals surface area contributed by atoms with E-state index in [2.05, 4.69) is 48.3 Å². The third kappa shape index (κ3) is 6.58. The van der Waals surface area contributed by atoms with Crippen molar-refractivity contribution >= 4 is 11.7 Å². The molecule has 5 nitrogen and oxygen atoms in total. The topological polar surface area (TPSA) is 44.8 Å². The highest BCUT2D eigenvalue weighted by molar-refractivity contribution is 5.74. The van der Waals surface area contributed by atoms with Crippen molar-refractivity contribution in [2.45, 2.75) is 52.1 Å². The van der Waals surface area contributed by atoms with Crippen molar-refractivity contribution < 1.29 is 9.53 Å². The molecule has 1 aliphatic rings. The van der Waals surface area contributed by atoms with Gasteiger partial charge in [0.05, 0.1) is 13.2 Å².